The summed E-state index contributed by atoms with van der Waals surface area (Å²) in [5.41, 5.74) is 0. The molecule has 1 aromatic rings. The van der Waals surface area contributed by atoms with Crippen LogP contribution in [0.25, 0.3) is 0 Å². The third kappa shape index (κ3) is 2.34. The van der Waals surface area contributed by atoms with E-state index in [1.807, 2.05) is 0 Å². The predicted molar refractivity (Wildman–Crippen MR) is 34.1 cm³/mol. The van der Waals surface area contributed by atoms with E-state index in [1.54, 1.807) is 0 Å². The summed E-state index contributed by atoms with van der Waals surface area (Å²) in [7, 11) is 0. The Labute approximate surface area is 81.3 Å². The second-order valence-electron chi connectivity index (χ2n) is 1.24. The molecule has 0 aliphatic heterocycles. The van der Waals surface area contributed by atoms with E-state index in [9.17, 15) is 4.79 Å². The maximum atomic E-state index is 9.97. The first kappa shape index (κ1) is 8.94. The van der Waals surface area contributed by atoms with Gasteiger partial charge < -0.3 is 10.1 Å². The van der Waals surface area contributed by atoms with Crippen molar-refractivity contribution in [1.29, 1.82) is 0 Å². The van der Waals surface area contributed by atoms with Crippen molar-refractivity contribution < 1.29 is 9.90 Å². The van der Waals surface area contributed by atoms with Gasteiger partial charge in [0.05, 0.1) is 0 Å². The summed E-state index contributed by atoms with van der Waals surface area (Å²) in [6.45, 7) is 0. The Morgan fingerprint density at radius 3 is 2.67 bits per heavy atom. The molecule has 0 aliphatic carbocycles. The van der Waals surface area contributed by atoms with Crippen molar-refractivity contribution in [2.24, 2.45) is 0 Å². The molecule has 1 rings (SSSR count). The number of H-pyrrole nitrogens is 1. The molecule has 0 unspecified atom stereocenters. The molecule has 0 spiro atoms. The third-order valence-electron chi connectivity index (χ3n) is 0.701. The normalized spacial score (nSPS) is 8.00. The summed E-state index contributed by atoms with van der Waals surface area (Å²) in [6.07, 6.45) is 2.85. The van der Waals surface area contributed by atoms with Gasteiger partial charge >= 0.3 is 43.7 Å². The van der Waals surface area contributed by atoms with E-state index < -0.39 is 5.97 Å². The van der Waals surface area contributed by atoms with Crippen molar-refractivity contribution in [3.63, 3.8) is 0 Å². The molecule has 2 N–H and O–H groups in total. The Balaban J connectivity index is 0.000000640. The molecule has 1 heterocycles. The van der Waals surface area contributed by atoms with E-state index in [1.165, 1.54) is 12.4 Å². The molecule has 0 amide bonds. The van der Waals surface area contributed by atoms with Gasteiger partial charge in [-0.3, -0.25) is 0 Å². The summed E-state index contributed by atoms with van der Waals surface area (Å²) in [5.74, 6) is -1.06. The van der Waals surface area contributed by atoms with Crippen LogP contribution < -0.4 is 0 Å². The van der Waals surface area contributed by atoms with Crippen molar-refractivity contribution in [2.45, 2.75) is 0 Å². The van der Waals surface area contributed by atoms with Crippen molar-refractivity contribution in [2.75, 3.05) is 0 Å². The summed E-state index contributed by atoms with van der Waals surface area (Å²) >= 11 is 0. The molecule has 0 saturated heterocycles. The van der Waals surface area contributed by atoms with Gasteiger partial charge in [-0.15, -0.1) is 0 Å². The Bertz CT molecular complexity index is 184. The van der Waals surface area contributed by atoms with Crippen LogP contribution in [0.15, 0.2) is 12.4 Å². The van der Waals surface area contributed by atoms with Gasteiger partial charge in [0.1, 0.15) is 0 Å². The molecule has 4 nitrogen and oxygen atoms in total. The number of nitrogens with zero attached hydrogens (tertiary/aromatic N) is 1. The molecular formula is C4H6CaN2O2. The molecular weight excluding hydrogens is 148 g/mol. The molecule has 46 valence electrons. The van der Waals surface area contributed by atoms with Crippen LogP contribution in [0.4, 0.5) is 0 Å². The fraction of sp³-hybridized carbons (Fsp3) is 0. The first-order chi connectivity index (χ1) is 3.80. The van der Waals surface area contributed by atoms with Crippen LogP contribution in [-0.2, 0) is 0 Å². The Kier molecular flexibility index (Phi) is 3.84. The second-order valence-corrected chi connectivity index (χ2v) is 1.24. The molecule has 0 fully saturated rings. The van der Waals surface area contributed by atoms with E-state index in [0.717, 1.165) is 0 Å². The van der Waals surface area contributed by atoms with Crippen LogP contribution in [0, 0.1) is 0 Å². The van der Waals surface area contributed by atoms with E-state index >= 15 is 0 Å². The van der Waals surface area contributed by atoms with E-state index in [4.69, 9.17) is 5.11 Å². The number of hydrogen-bond donors (Lipinski definition) is 2. The summed E-state index contributed by atoms with van der Waals surface area (Å²) in [5, 5.41) is 8.18. The first-order valence-electron chi connectivity index (χ1n) is 2.03. The minimum absolute atomic E-state index is 0. The molecule has 0 radical (unpaired) electrons. The maximum absolute atomic E-state index is 9.97. The average Bonchev–Trinajstić information content (AvgIpc) is 2.12. The molecule has 0 aromatic carbocycles. The molecule has 9 heavy (non-hydrogen) atoms. The Hall–Kier alpha value is -0.0603. The van der Waals surface area contributed by atoms with E-state index in [2.05, 4.69) is 9.97 Å². The number of imidazole rings is 1. The zero-order valence-corrected chi connectivity index (χ0v) is 3.96. The molecule has 5 heteroatoms. The minimum atomic E-state index is -1.03. The van der Waals surface area contributed by atoms with Crippen molar-refractivity contribution in [3.05, 3.63) is 18.2 Å². The number of aromatic carboxylic acids is 1. The van der Waals surface area contributed by atoms with Gasteiger partial charge in [-0.25, -0.2) is 9.78 Å². The van der Waals surface area contributed by atoms with Gasteiger partial charge in [-0.05, 0) is 0 Å². The van der Waals surface area contributed by atoms with Gasteiger partial charge in [-0.1, -0.05) is 0 Å². The number of carboxylic acids is 1. The molecule has 1 aromatic heterocycles. The SMILES string of the molecule is O=C(O)c1ncc[nH]1.[CaH2]. The van der Waals surface area contributed by atoms with Crippen LogP contribution in [0.2, 0.25) is 0 Å². The quantitative estimate of drug-likeness (QED) is 0.520. The number of hydrogen-bond acceptors (Lipinski definition) is 2. The van der Waals surface area contributed by atoms with Crippen molar-refractivity contribution in [3.8, 4) is 0 Å². The van der Waals surface area contributed by atoms with Crippen molar-refractivity contribution in [1.82, 2.24) is 9.97 Å². The third-order valence-corrected chi connectivity index (χ3v) is 0.701. The first-order valence-corrected chi connectivity index (χ1v) is 2.03. The van der Waals surface area contributed by atoms with Crippen LogP contribution in [-0.4, -0.2) is 58.8 Å². The summed E-state index contributed by atoms with van der Waals surface area (Å²) in [4.78, 5) is 15.9. The standard InChI is InChI=1S/C4H4N2O2.Ca.2H/c7-4(8)3-5-1-2-6-3;;;/h1-2H,(H,5,6)(H,7,8);;;. The summed E-state index contributed by atoms with van der Waals surface area (Å²) < 4.78 is 0. The average molecular weight is 154 g/mol. The van der Waals surface area contributed by atoms with Gasteiger partial charge in [-0.2, -0.15) is 0 Å². The predicted octanol–water partition coefficient (Wildman–Crippen LogP) is -0.808. The molecule has 0 atom stereocenters. The second kappa shape index (κ2) is 3.87. The van der Waals surface area contributed by atoms with E-state index in [0.29, 0.717) is 0 Å². The van der Waals surface area contributed by atoms with Gasteiger partial charge in [0.25, 0.3) is 0 Å². The number of carboxylic acid groups (broad SMARTS) is 1. The number of nitrogens with one attached hydrogen (secondary N) is 1. The fourth-order valence-electron chi connectivity index (χ4n) is 0.382. The van der Waals surface area contributed by atoms with Gasteiger partial charge in [0, 0.05) is 12.4 Å². The van der Waals surface area contributed by atoms with E-state index in [-0.39, 0.29) is 43.6 Å². The summed E-state index contributed by atoms with van der Waals surface area (Å²) in [6, 6.07) is 0. The zero-order valence-electron chi connectivity index (χ0n) is 3.96. The van der Waals surface area contributed by atoms with Gasteiger partial charge in [0.15, 0.2) is 0 Å². The Morgan fingerprint density at radius 2 is 2.44 bits per heavy atom. The van der Waals surface area contributed by atoms with Crippen LogP contribution in [0.1, 0.15) is 10.6 Å². The van der Waals surface area contributed by atoms with Crippen molar-refractivity contribution >= 4 is 43.7 Å². The Morgan fingerprint density at radius 1 is 1.78 bits per heavy atom. The monoisotopic (exact) mass is 154 g/mol. The number of aromatic nitrogens is 2. The number of carbonyl (C=O) groups is 1. The number of rotatable bonds is 1. The van der Waals surface area contributed by atoms with Crippen LogP contribution >= 0.6 is 0 Å². The van der Waals surface area contributed by atoms with Crippen LogP contribution in [0.5, 0.6) is 0 Å². The topological polar surface area (TPSA) is 66.0 Å². The molecule has 0 saturated carbocycles. The molecule has 0 bridgehead atoms. The van der Waals surface area contributed by atoms with Gasteiger partial charge in [0.2, 0.25) is 5.82 Å². The fourth-order valence-corrected chi connectivity index (χ4v) is 0.382. The zero-order chi connectivity index (χ0) is 5.98. The van der Waals surface area contributed by atoms with Crippen LogP contribution in [0.3, 0.4) is 0 Å². The molecule has 0 aliphatic rings. The number of aromatic amines is 1.